The maximum absolute atomic E-state index is 15.4. The van der Waals surface area contributed by atoms with E-state index in [2.05, 4.69) is 67.5 Å². The minimum atomic E-state index is -0.498. The molecule has 2 amide bonds. The van der Waals surface area contributed by atoms with E-state index in [0.29, 0.717) is 62.8 Å². The number of ketones is 1. The fourth-order valence-corrected chi connectivity index (χ4v) is 9.20. The highest BCUT2D eigenvalue weighted by Crippen LogP contribution is 2.35. The molecule has 2 unspecified atom stereocenters. The Balaban J connectivity index is 0.000000300. The van der Waals surface area contributed by atoms with Gasteiger partial charge in [0.2, 0.25) is 11.8 Å². The van der Waals surface area contributed by atoms with Crippen molar-refractivity contribution in [2.45, 2.75) is 118 Å². The summed E-state index contributed by atoms with van der Waals surface area (Å²) in [6.45, 7) is 22.8. The van der Waals surface area contributed by atoms with Crippen molar-refractivity contribution in [3.63, 3.8) is 0 Å². The third kappa shape index (κ3) is 17.6. The van der Waals surface area contributed by atoms with Gasteiger partial charge < -0.3 is 50.7 Å². The number of anilines is 4. The molecule has 1 spiro atoms. The summed E-state index contributed by atoms with van der Waals surface area (Å²) in [5.74, 6) is 0.208. The molecule has 1 aromatic heterocycles. The summed E-state index contributed by atoms with van der Waals surface area (Å²) >= 11 is 0. The molecule has 7 rings (SSSR count). The topological polar surface area (TPSA) is 195 Å². The number of ether oxygens (including phenoxy) is 1. The normalized spacial score (nSPS) is 18.3. The maximum Gasteiger partial charge on any atom is 0.240 e. The van der Waals surface area contributed by atoms with Crippen molar-refractivity contribution < 1.29 is 37.5 Å². The molecule has 4 aliphatic heterocycles. The van der Waals surface area contributed by atoms with Gasteiger partial charge in [-0.15, -0.1) is 0 Å². The second-order valence-electron chi connectivity index (χ2n) is 19.9. The van der Waals surface area contributed by atoms with E-state index in [9.17, 15) is 19.2 Å². The molecule has 0 radical (unpaired) electrons. The molecule has 5 heterocycles. The molecular formula is C53H80F2N10O6. The number of hydrogen-bond donors (Lipinski definition) is 4. The lowest BCUT2D eigenvalue weighted by molar-refractivity contribution is -0.123. The number of carbonyl (C=O) groups excluding carboxylic acids is 5. The van der Waals surface area contributed by atoms with Crippen molar-refractivity contribution in [3.05, 3.63) is 71.1 Å². The van der Waals surface area contributed by atoms with Gasteiger partial charge in [0.05, 0.1) is 23.9 Å². The fourth-order valence-electron chi connectivity index (χ4n) is 9.20. The van der Waals surface area contributed by atoms with Gasteiger partial charge >= 0.3 is 0 Å². The van der Waals surface area contributed by atoms with Gasteiger partial charge in [-0.3, -0.25) is 19.3 Å². The third-order valence-corrected chi connectivity index (χ3v) is 14.0. The number of amides is 2. The lowest BCUT2D eigenvalue weighted by Gasteiger charge is -2.48. The number of hydrogen-bond acceptors (Lipinski definition) is 14. The number of nitrogens with two attached hydrogens (primary N) is 1. The molecule has 2 atom stereocenters. The van der Waals surface area contributed by atoms with Gasteiger partial charge in [0.25, 0.3) is 0 Å². The van der Waals surface area contributed by atoms with Gasteiger partial charge in [0.1, 0.15) is 42.7 Å². The highest BCUT2D eigenvalue weighted by molar-refractivity contribution is 5.96. The number of Topliss-reactive ketones (excluding diaryl/α,β-unsaturated/α-hetero) is 1. The zero-order valence-corrected chi connectivity index (χ0v) is 43.3. The average molecular weight is 991 g/mol. The van der Waals surface area contributed by atoms with E-state index in [1.165, 1.54) is 25.0 Å². The predicted molar refractivity (Wildman–Crippen MR) is 277 cm³/mol. The van der Waals surface area contributed by atoms with Crippen LogP contribution < -0.4 is 36.4 Å². The number of nitrogens with zero attached hydrogens (tertiary/aromatic N) is 6. The smallest absolute Gasteiger partial charge is 0.240 e. The number of piperidine rings is 2. The summed E-state index contributed by atoms with van der Waals surface area (Å²) in [6.07, 6.45) is 10.2. The highest BCUT2D eigenvalue weighted by atomic mass is 19.1. The molecule has 18 heteroatoms. The van der Waals surface area contributed by atoms with Crippen LogP contribution in [0.4, 0.5) is 31.8 Å². The lowest BCUT2D eigenvalue weighted by Crippen LogP contribution is -2.66. The first-order valence-electron chi connectivity index (χ1n) is 25.2. The Morgan fingerprint density at radius 3 is 2.24 bits per heavy atom. The summed E-state index contributed by atoms with van der Waals surface area (Å²) in [5, 5.41) is 9.89. The van der Waals surface area contributed by atoms with Crippen LogP contribution in [0.2, 0.25) is 0 Å². The second kappa shape index (κ2) is 28.4. The molecule has 392 valence electrons. The van der Waals surface area contributed by atoms with Gasteiger partial charge in [-0.1, -0.05) is 46.6 Å². The molecule has 2 aromatic carbocycles. The maximum atomic E-state index is 15.4. The second-order valence-corrected chi connectivity index (χ2v) is 19.9. The summed E-state index contributed by atoms with van der Waals surface area (Å²) in [5.41, 5.74) is 8.12. The molecule has 0 bridgehead atoms. The zero-order chi connectivity index (χ0) is 52.1. The number of unbranched alkanes of at least 4 members (excludes halogenated alkanes) is 2. The summed E-state index contributed by atoms with van der Waals surface area (Å²) < 4.78 is 36.0. The van der Waals surface area contributed by atoms with Crippen LogP contribution in [0.5, 0.6) is 0 Å². The van der Waals surface area contributed by atoms with Gasteiger partial charge in [0.15, 0.2) is 5.78 Å². The lowest BCUT2D eigenvalue weighted by atomic mass is 9.82. The van der Waals surface area contributed by atoms with Crippen molar-refractivity contribution in [2.24, 2.45) is 17.1 Å². The average Bonchev–Trinajstić information content (AvgIpc) is 3.37. The van der Waals surface area contributed by atoms with Gasteiger partial charge in [-0.2, -0.15) is 0 Å². The van der Waals surface area contributed by atoms with Gasteiger partial charge in [-0.05, 0) is 94.6 Å². The molecule has 5 N–H and O–H groups in total. The number of likely N-dealkylation sites (tertiary alicyclic amines) is 1. The quantitative estimate of drug-likeness (QED) is 0.0622. The van der Waals surface area contributed by atoms with Crippen molar-refractivity contribution in [1.29, 1.82) is 0 Å². The Morgan fingerprint density at radius 2 is 1.62 bits per heavy atom. The standard InChI is InChI=1S/C31H45F2N7O.C15H22N2O2.C6H11NO2.CH2O/c1-4-5-6-11-34-27-18-28(36-22-35-27)39-14-9-31(10-15-39)21-40(20-29(41)37-31)26-17-24(32)23(16-25(26)33)19-38-12-7-30(2,3)8-13-38;1-11(18)15-10-13(17-8-6-16-7-9-17)4-5-14(15)12(2)19-3;1-5(6(7)9)3-2-4-8;1-2/h16-18,22H,4-15,19-21H2,1-3H3,(H,37,41)(H,34,35,36);4-5,10,12,16H,6-9H2,1-3H3;4-5H,2-3H2,1H3,(H2,7,9);1H2. The van der Waals surface area contributed by atoms with E-state index in [-0.39, 0.29) is 41.9 Å². The zero-order valence-electron chi connectivity index (χ0n) is 43.3. The van der Waals surface area contributed by atoms with Crippen LogP contribution in [-0.4, -0.2) is 130 Å². The molecule has 4 aliphatic rings. The first-order chi connectivity index (χ1) is 34.0. The molecule has 4 fully saturated rings. The Morgan fingerprint density at radius 1 is 0.930 bits per heavy atom. The largest absolute Gasteiger partial charge is 0.377 e. The van der Waals surface area contributed by atoms with Crippen LogP contribution in [0.15, 0.2) is 42.7 Å². The van der Waals surface area contributed by atoms with E-state index in [0.717, 1.165) is 99.8 Å². The minimum Gasteiger partial charge on any atom is -0.377 e. The summed E-state index contributed by atoms with van der Waals surface area (Å²) in [6, 6.07) is 10.7. The van der Waals surface area contributed by atoms with E-state index < -0.39 is 17.2 Å². The molecule has 71 heavy (non-hydrogen) atoms. The molecule has 3 aromatic rings. The Bertz CT molecular complexity index is 2180. The van der Waals surface area contributed by atoms with Crippen molar-refractivity contribution >= 4 is 53.7 Å². The summed E-state index contributed by atoms with van der Waals surface area (Å²) in [4.78, 5) is 70.0. The van der Waals surface area contributed by atoms with Crippen molar-refractivity contribution in [3.8, 4) is 0 Å². The Labute approximate surface area is 420 Å². The monoisotopic (exact) mass is 991 g/mol. The first-order valence-corrected chi connectivity index (χ1v) is 25.2. The molecule has 0 saturated carbocycles. The van der Waals surface area contributed by atoms with Gasteiger partial charge in [-0.25, -0.2) is 18.7 Å². The Kier molecular flexibility index (Phi) is 23.2. The van der Waals surface area contributed by atoms with Crippen molar-refractivity contribution in [2.75, 3.05) is 99.1 Å². The predicted octanol–water partition coefficient (Wildman–Crippen LogP) is 6.86. The van der Waals surface area contributed by atoms with Crippen LogP contribution in [0.1, 0.15) is 127 Å². The first kappa shape index (κ1) is 58.0. The number of piperazine rings is 2. The third-order valence-electron chi connectivity index (χ3n) is 14.0. The molecule has 4 saturated heterocycles. The number of aldehydes is 1. The van der Waals surface area contributed by atoms with Crippen LogP contribution in [-0.2, 0) is 30.5 Å². The van der Waals surface area contributed by atoms with Crippen LogP contribution in [0.3, 0.4) is 0 Å². The minimum absolute atomic E-state index is 0.0152. The number of benzene rings is 2. The number of halogens is 2. The number of nitrogens with one attached hydrogen (secondary N) is 3. The molecule has 16 nitrogen and oxygen atoms in total. The highest BCUT2D eigenvalue weighted by Gasteiger charge is 2.42. The number of rotatable bonds is 17. The molecular weight excluding hydrogens is 911 g/mol. The SMILES string of the molecule is C=O.CC(CCC=O)C(N)=O.CCCCCNc1cc(N2CCC3(CC2)CN(c2cc(F)c(CN4CCC(C)(C)CC4)cc2F)CC(=O)N3)ncn1.COC(C)c1ccc(N2CCNCC2)cc1C(C)=O. The number of carbonyl (C=O) groups is 5. The van der Waals surface area contributed by atoms with Crippen LogP contribution in [0.25, 0.3) is 0 Å². The van der Waals surface area contributed by atoms with Crippen LogP contribution in [0, 0.1) is 23.0 Å². The number of aromatic nitrogens is 2. The van der Waals surface area contributed by atoms with Gasteiger partial charge in [0, 0.05) is 107 Å². The molecule has 0 aliphatic carbocycles. The van der Waals surface area contributed by atoms with Crippen molar-refractivity contribution in [1.82, 2.24) is 25.5 Å². The van der Waals surface area contributed by atoms with E-state index in [4.69, 9.17) is 15.3 Å². The number of primary amides is 1. The summed E-state index contributed by atoms with van der Waals surface area (Å²) in [7, 11) is 1.67. The number of methoxy groups -OCH3 is 1. The van der Waals surface area contributed by atoms with Crippen LogP contribution >= 0.6 is 0 Å². The van der Waals surface area contributed by atoms with E-state index in [1.54, 1.807) is 32.2 Å². The Hall–Kier alpha value is -5.59. The van der Waals surface area contributed by atoms with E-state index in [1.807, 2.05) is 31.9 Å². The van der Waals surface area contributed by atoms with E-state index >= 15 is 8.78 Å². The fraction of sp³-hybridized carbons (Fsp3) is 0.604.